The molecule has 1 aliphatic heterocycles. The van der Waals surface area contributed by atoms with E-state index in [1.54, 1.807) is 24.3 Å². The molecule has 7 nitrogen and oxygen atoms in total. The van der Waals surface area contributed by atoms with Crippen LogP contribution >= 0.6 is 0 Å². The summed E-state index contributed by atoms with van der Waals surface area (Å²) >= 11 is 0. The van der Waals surface area contributed by atoms with Crippen LogP contribution in [0.2, 0.25) is 0 Å². The summed E-state index contributed by atoms with van der Waals surface area (Å²) in [6.45, 7) is 3.78. The number of carbonyl (C=O) groups excluding carboxylic acids is 2. The largest absolute Gasteiger partial charge is 0.480 e. The van der Waals surface area contributed by atoms with E-state index >= 15 is 0 Å². The molecule has 0 fully saturated rings. The van der Waals surface area contributed by atoms with Gasteiger partial charge in [0, 0.05) is 16.9 Å². The molecule has 4 rings (SSSR count). The van der Waals surface area contributed by atoms with Crippen LogP contribution in [-0.4, -0.2) is 34.0 Å². The van der Waals surface area contributed by atoms with Crippen molar-refractivity contribution in [2.24, 2.45) is 0 Å². The number of para-hydroxylation sites is 1. The normalized spacial score (nSPS) is 15.5. The number of rotatable bonds is 7. The predicted molar refractivity (Wildman–Crippen MR) is 132 cm³/mol. The second-order valence-electron chi connectivity index (χ2n) is 8.36. The van der Waals surface area contributed by atoms with Crippen molar-refractivity contribution in [3.8, 4) is 11.1 Å². The zero-order valence-corrected chi connectivity index (χ0v) is 19.1. The number of carboxylic acid groups (broad SMARTS) is 1. The fraction of sp³-hybridized carbons (Fsp3) is 0.222. The number of hydrogen-bond acceptors (Lipinski definition) is 3. The number of anilines is 2. The lowest BCUT2D eigenvalue weighted by Gasteiger charge is -2.28. The zero-order chi connectivity index (χ0) is 24.2. The standard InChI is InChI=1S/C27H27N3O4/c1-3-7-24(26(32)33)30-17(2)22-15-12-19(16-23(22)25(30)31)18-10-13-21(14-11-18)29-27(34)28-20-8-5-4-6-9-20/h4-6,8-17,24H,3,7H2,1-2H3,(H,32,33)(H2,28,29,34)/t17-,24?/m0/s1. The number of carbonyl (C=O) groups is 3. The van der Waals surface area contributed by atoms with Crippen molar-refractivity contribution in [2.45, 2.75) is 38.8 Å². The van der Waals surface area contributed by atoms with Crippen LogP contribution in [0.4, 0.5) is 16.2 Å². The molecule has 3 aromatic carbocycles. The van der Waals surface area contributed by atoms with E-state index in [-0.39, 0.29) is 18.0 Å². The summed E-state index contributed by atoms with van der Waals surface area (Å²) in [7, 11) is 0. The fourth-order valence-electron chi connectivity index (χ4n) is 4.38. The smallest absolute Gasteiger partial charge is 0.326 e. The molecular formula is C27H27N3O4. The first-order valence-corrected chi connectivity index (χ1v) is 11.3. The number of hydrogen-bond donors (Lipinski definition) is 3. The van der Waals surface area contributed by atoms with Gasteiger partial charge in [0.25, 0.3) is 5.91 Å². The fourth-order valence-corrected chi connectivity index (χ4v) is 4.38. The van der Waals surface area contributed by atoms with Crippen molar-refractivity contribution >= 4 is 29.3 Å². The molecule has 3 aromatic rings. The molecule has 0 aromatic heterocycles. The number of amides is 3. The molecule has 2 atom stereocenters. The van der Waals surface area contributed by atoms with Gasteiger partial charge in [0.1, 0.15) is 6.04 Å². The van der Waals surface area contributed by atoms with Crippen molar-refractivity contribution in [1.82, 2.24) is 4.90 Å². The Labute approximate surface area is 198 Å². The van der Waals surface area contributed by atoms with Gasteiger partial charge in [0.2, 0.25) is 0 Å². The summed E-state index contributed by atoms with van der Waals surface area (Å²) in [5.41, 5.74) is 4.46. The number of urea groups is 1. The maximum Gasteiger partial charge on any atom is 0.326 e. The van der Waals surface area contributed by atoms with E-state index < -0.39 is 12.0 Å². The first-order chi connectivity index (χ1) is 16.4. The number of benzene rings is 3. The van der Waals surface area contributed by atoms with E-state index in [1.165, 1.54) is 4.90 Å². The Balaban J connectivity index is 1.50. The summed E-state index contributed by atoms with van der Waals surface area (Å²) in [4.78, 5) is 38.6. The lowest BCUT2D eigenvalue weighted by Crippen LogP contribution is -2.42. The summed E-state index contributed by atoms with van der Waals surface area (Å²) in [6, 6.07) is 20.7. The van der Waals surface area contributed by atoms with Gasteiger partial charge in [0.05, 0.1) is 6.04 Å². The van der Waals surface area contributed by atoms with E-state index in [9.17, 15) is 19.5 Å². The second kappa shape index (κ2) is 9.79. The van der Waals surface area contributed by atoms with Gasteiger partial charge >= 0.3 is 12.0 Å². The van der Waals surface area contributed by atoms with Crippen LogP contribution in [0.3, 0.4) is 0 Å². The highest BCUT2D eigenvalue weighted by atomic mass is 16.4. The third-order valence-corrected chi connectivity index (χ3v) is 6.08. The van der Waals surface area contributed by atoms with E-state index in [0.29, 0.717) is 29.8 Å². The molecular weight excluding hydrogens is 430 g/mol. The summed E-state index contributed by atoms with van der Waals surface area (Å²) in [5.74, 6) is -1.23. The lowest BCUT2D eigenvalue weighted by molar-refractivity contribution is -0.143. The predicted octanol–water partition coefficient (Wildman–Crippen LogP) is 5.77. The molecule has 3 N–H and O–H groups in total. The molecule has 174 valence electrons. The van der Waals surface area contributed by atoms with E-state index in [0.717, 1.165) is 16.7 Å². The molecule has 0 saturated carbocycles. The van der Waals surface area contributed by atoms with Crippen LogP contribution in [0.25, 0.3) is 11.1 Å². The van der Waals surface area contributed by atoms with Gasteiger partial charge in [-0.1, -0.05) is 55.8 Å². The Kier molecular flexibility index (Phi) is 6.63. The number of aliphatic carboxylic acids is 1. The Morgan fingerprint density at radius 1 is 0.941 bits per heavy atom. The lowest BCUT2D eigenvalue weighted by atomic mass is 9.98. The molecule has 0 spiro atoms. The minimum Gasteiger partial charge on any atom is -0.480 e. The molecule has 3 amide bonds. The van der Waals surface area contributed by atoms with Crippen molar-refractivity contribution in [3.63, 3.8) is 0 Å². The van der Waals surface area contributed by atoms with Gasteiger partial charge in [-0.25, -0.2) is 9.59 Å². The Morgan fingerprint density at radius 2 is 1.56 bits per heavy atom. The van der Waals surface area contributed by atoms with E-state index in [2.05, 4.69) is 10.6 Å². The van der Waals surface area contributed by atoms with Crippen LogP contribution in [0.1, 0.15) is 48.7 Å². The zero-order valence-electron chi connectivity index (χ0n) is 19.1. The average molecular weight is 458 g/mol. The highest BCUT2D eigenvalue weighted by Crippen LogP contribution is 2.38. The van der Waals surface area contributed by atoms with Crippen molar-refractivity contribution < 1.29 is 19.5 Å². The topological polar surface area (TPSA) is 98.7 Å². The van der Waals surface area contributed by atoms with Crippen LogP contribution in [-0.2, 0) is 4.79 Å². The van der Waals surface area contributed by atoms with Crippen molar-refractivity contribution in [2.75, 3.05) is 10.6 Å². The minimum absolute atomic E-state index is 0.249. The maximum atomic E-state index is 13.1. The minimum atomic E-state index is -0.977. The third-order valence-electron chi connectivity index (χ3n) is 6.08. The molecule has 0 bridgehead atoms. The van der Waals surface area contributed by atoms with Gasteiger partial charge in [-0.2, -0.15) is 0 Å². The Bertz CT molecular complexity index is 1210. The molecule has 1 heterocycles. The number of nitrogens with one attached hydrogen (secondary N) is 2. The molecule has 1 aliphatic rings. The van der Waals surface area contributed by atoms with Crippen LogP contribution < -0.4 is 10.6 Å². The molecule has 1 unspecified atom stereocenters. The Hall–Kier alpha value is -4.13. The SMILES string of the molecule is CCCC(C(=O)O)N1C(=O)c2cc(-c3ccc(NC(=O)Nc4ccccc4)cc3)ccc2[C@@H]1C. The molecule has 7 heteroatoms. The number of carboxylic acids is 1. The van der Waals surface area contributed by atoms with Gasteiger partial charge in [0.15, 0.2) is 0 Å². The number of fused-ring (bicyclic) bond motifs is 1. The summed E-state index contributed by atoms with van der Waals surface area (Å²) in [5, 5.41) is 15.2. The van der Waals surface area contributed by atoms with Crippen molar-refractivity contribution in [1.29, 1.82) is 0 Å². The highest BCUT2D eigenvalue weighted by molar-refractivity contribution is 6.02. The van der Waals surface area contributed by atoms with E-state index in [4.69, 9.17) is 0 Å². The Morgan fingerprint density at radius 3 is 2.18 bits per heavy atom. The molecule has 34 heavy (non-hydrogen) atoms. The van der Waals surface area contributed by atoms with Gasteiger partial charge in [-0.05, 0) is 60.4 Å². The second-order valence-corrected chi connectivity index (χ2v) is 8.36. The molecule has 0 radical (unpaired) electrons. The van der Waals surface area contributed by atoms with Gasteiger partial charge in [-0.3, -0.25) is 4.79 Å². The monoisotopic (exact) mass is 457 g/mol. The van der Waals surface area contributed by atoms with Gasteiger partial charge < -0.3 is 20.6 Å². The number of nitrogens with zero attached hydrogens (tertiary/aromatic N) is 1. The first kappa shape index (κ1) is 23.0. The summed E-state index contributed by atoms with van der Waals surface area (Å²) < 4.78 is 0. The van der Waals surface area contributed by atoms with Crippen LogP contribution in [0.15, 0.2) is 72.8 Å². The van der Waals surface area contributed by atoms with E-state index in [1.807, 2.05) is 62.4 Å². The van der Waals surface area contributed by atoms with Crippen LogP contribution in [0, 0.1) is 0 Å². The molecule has 0 aliphatic carbocycles. The average Bonchev–Trinajstić information content (AvgIpc) is 3.07. The van der Waals surface area contributed by atoms with Crippen molar-refractivity contribution in [3.05, 3.63) is 83.9 Å². The quantitative estimate of drug-likeness (QED) is 0.420. The summed E-state index contributed by atoms with van der Waals surface area (Å²) in [6.07, 6.45) is 1.09. The highest BCUT2D eigenvalue weighted by Gasteiger charge is 2.40. The van der Waals surface area contributed by atoms with Gasteiger partial charge in [-0.15, -0.1) is 0 Å². The first-order valence-electron chi connectivity index (χ1n) is 11.3. The van der Waals surface area contributed by atoms with Crippen LogP contribution in [0.5, 0.6) is 0 Å². The molecule has 0 saturated heterocycles. The third kappa shape index (κ3) is 4.64. The maximum absolute atomic E-state index is 13.1.